The second-order valence-corrected chi connectivity index (χ2v) is 11.1. The van der Waals surface area contributed by atoms with Crippen molar-refractivity contribution in [2.24, 2.45) is 5.92 Å². The number of epoxide rings is 2. The first-order valence-electron chi connectivity index (χ1n) is 14.5. The van der Waals surface area contributed by atoms with Gasteiger partial charge in [-0.05, 0) is 76.0 Å². The summed E-state index contributed by atoms with van der Waals surface area (Å²) >= 11 is 0. The summed E-state index contributed by atoms with van der Waals surface area (Å²) in [7, 11) is 0. The van der Waals surface area contributed by atoms with Crippen LogP contribution in [0.1, 0.15) is 82.8 Å². The van der Waals surface area contributed by atoms with Crippen molar-refractivity contribution < 1.29 is 28.5 Å². The van der Waals surface area contributed by atoms with E-state index in [9.17, 15) is 9.59 Å². The van der Waals surface area contributed by atoms with Gasteiger partial charge < -0.3 is 29.6 Å². The van der Waals surface area contributed by atoms with Crippen molar-refractivity contribution in [1.29, 1.82) is 0 Å². The average molecular weight is 541 g/mol. The molecule has 1 aliphatic carbocycles. The first kappa shape index (κ1) is 29.2. The van der Waals surface area contributed by atoms with Crippen LogP contribution in [-0.4, -0.2) is 50.7 Å². The highest BCUT2D eigenvalue weighted by molar-refractivity contribution is 5.74. The first-order valence-corrected chi connectivity index (χ1v) is 14.5. The molecule has 8 nitrogen and oxygen atoms in total. The van der Waals surface area contributed by atoms with Crippen LogP contribution < -0.4 is 20.1 Å². The minimum absolute atomic E-state index is 0.133. The van der Waals surface area contributed by atoms with Crippen molar-refractivity contribution >= 4 is 12.2 Å². The quantitative estimate of drug-likeness (QED) is 0.166. The third kappa shape index (κ3) is 9.11. The van der Waals surface area contributed by atoms with Crippen LogP contribution in [-0.2, 0) is 15.9 Å². The number of carbonyl (C=O) groups is 2. The molecule has 2 amide bonds. The molecule has 1 aromatic rings. The zero-order valence-electron chi connectivity index (χ0n) is 23.7. The number of amides is 2. The Labute approximate surface area is 232 Å². The summed E-state index contributed by atoms with van der Waals surface area (Å²) in [6.07, 6.45) is 8.99. The van der Waals surface area contributed by atoms with E-state index >= 15 is 0 Å². The lowest BCUT2D eigenvalue weighted by Crippen LogP contribution is -2.31. The van der Waals surface area contributed by atoms with E-state index in [1.54, 1.807) is 0 Å². The van der Waals surface area contributed by atoms with Crippen LogP contribution in [0.4, 0.5) is 9.59 Å². The molecule has 2 fully saturated rings. The summed E-state index contributed by atoms with van der Waals surface area (Å²) in [5.74, 6) is 0.863. The number of ether oxygens (including phenoxy) is 4. The van der Waals surface area contributed by atoms with Crippen LogP contribution in [0.5, 0.6) is 11.5 Å². The number of rotatable bonds is 14. The van der Waals surface area contributed by atoms with Crippen LogP contribution in [0.2, 0.25) is 0 Å². The predicted molar refractivity (Wildman–Crippen MR) is 150 cm³/mol. The number of aryl methyl sites for hydroxylation is 1. The van der Waals surface area contributed by atoms with E-state index in [1.165, 1.54) is 5.57 Å². The average Bonchev–Trinajstić information content (AvgIpc) is 3.80. The van der Waals surface area contributed by atoms with Gasteiger partial charge in [0.25, 0.3) is 0 Å². The Morgan fingerprint density at radius 3 is 2.05 bits per heavy atom. The number of unbranched alkanes of at least 4 members (excludes halogenated alkanes) is 2. The Balaban J connectivity index is 1.65. The van der Waals surface area contributed by atoms with Crippen molar-refractivity contribution in [2.75, 3.05) is 26.3 Å². The summed E-state index contributed by atoms with van der Waals surface area (Å²) in [6.45, 7) is 13.0. The zero-order chi connectivity index (χ0) is 27.8. The van der Waals surface area contributed by atoms with Crippen LogP contribution in [0, 0.1) is 5.92 Å². The maximum Gasteiger partial charge on any atom is 0.412 e. The number of benzene rings is 1. The van der Waals surface area contributed by atoms with Crippen LogP contribution in [0.25, 0.3) is 0 Å². The zero-order valence-corrected chi connectivity index (χ0v) is 23.7. The molecule has 0 spiro atoms. The highest BCUT2D eigenvalue weighted by Gasteiger charge is 2.33. The fourth-order valence-electron chi connectivity index (χ4n) is 5.19. The number of nitrogens with one attached hydrogen (secondary N) is 2. The summed E-state index contributed by atoms with van der Waals surface area (Å²) in [5, 5.41) is 5.69. The van der Waals surface area contributed by atoms with Crippen molar-refractivity contribution in [1.82, 2.24) is 10.6 Å². The molecule has 0 saturated carbocycles. The second-order valence-electron chi connectivity index (χ2n) is 11.1. The molecular weight excluding hydrogens is 496 g/mol. The Hall–Kier alpha value is -2.84. The largest absolute Gasteiger partial charge is 0.412 e. The van der Waals surface area contributed by atoms with Gasteiger partial charge in [-0.25, -0.2) is 9.59 Å². The van der Waals surface area contributed by atoms with Gasteiger partial charge in [0.1, 0.15) is 11.5 Å². The van der Waals surface area contributed by atoms with Gasteiger partial charge >= 0.3 is 12.2 Å². The third-order valence-corrected chi connectivity index (χ3v) is 7.63. The van der Waals surface area contributed by atoms with Gasteiger partial charge in [0.15, 0.2) is 0 Å². The molecule has 2 aliphatic heterocycles. The smallest absolute Gasteiger partial charge is 0.410 e. The summed E-state index contributed by atoms with van der Waals surface area (Å²) in [4.78, 5) is 25.8. The monoisotopic (exact) mass is 540 g/mol. The topological polar surface area (TPSA) is 102 Å². The maximum atomic E-state index is 12.9. The molecule has 0 radical (unpaired) electrons. The molecule has 0 bridgehead atoms. The molecule has 2 saturated heterocycles. The minimum atomic E-state index is -0.522. The molecule has 214 valence electrons. The van der Waals surface area contributed by atoms with Gasteiger partial charge in [0.05, 0.1) is 25.4 Å². The predicted octanol–water partition coefficient (Wildman–Crippen LogP) is 6.19. The third-order valence-electron chi connectivity index (χ3n) is 7.63. The highest BCUT2D eigenvalue weighted by atomic mass is 16.6. The maximum absolute atomic E-state index is 12.9. The Bertz CT molecular complexity index is 1010. The van der Waals surface area contributed by atoms with Gasteiger partial charge in [-0.15, -0.1) is 0 Å². The van der Waals surface area contributed by atoms with Gasteiger partial charge in [-0.3, -0.25) is 0 Å². The van der Waals surface area contributed by atoms with E-state index in [0.29, 0.717) is 30.2 Å². The molecule has 1 aromatic carbocycles. The van der Waals surface area contributed by atoms with Gasteiger partial charge in [-0.1, -0.05) is 43.6 Å². The molecule has 2 heterocycles. The molecule has 2 N–H and O–H groups in total. The highest BCUT2D eigenvalue weighted by Crippen LogP contribution is 2.47. The number of allylic oxidation sites excluding steroid dienone is 3. The van der Waals surface area contributed by atoms with E-state index in [1.807, 2.05) is 19.1 Å². The van der Waals surface area contributed by atoms with Crippen molar-refractivity contribution in [3.8, 4) is 11.5 Å². The summed E-state index contributed by atoms with van der Waals surface area (Å²) in [6, 6.07) is 3.88. The Morgan fingerprint density at radius 1 is 1.00 bits per heavy atom. The molecule has 0 aromatic heterocycles. The van der Waals surface area contributed by atoms with E-state index < -0.39 is 12.2 Å². The lowest BCUT2D eigenvalue weighted by atomic mass is 9.73. The van der Waals surface area contributed by atoms with E-state index in [-0.39, 0.29) is 24.0 Å². The van der Waals surface area contributed by atoms with Crippen LogP contribution >= 0.6 is 0 Å². The Morgan fingerprint density at radius 2 is 1.56 bits per heavy atom. The van der Waals surface area contributed by atoms with Crippen molar-refractivity contribution in [3.63, 3.8) is 0 Å². The van der Waals surface area contributed by atoms with E-state index in [0.717, 1.165) is 75.7 Å². The van der Waals surface area contributed by atoms with Crippen molar-refractivity contribution in [2.45, 2.75) is 90.3 Å². The number of carbonyl (C=O) groups excluding carboxylic acids is 2. The molecule has 39 heavy (non-hydrogen) atoms. The first-order chi connectivity index (χ1) is 18.8. The van der Waals surface area contributed by atoms with Gasteiger partial charge in [-0.2, -0.15) is 0 Å². The number of hydrogen-bond donors (Lipinski definition) is 2. The fraction of sp³-hybridized carbons (Fsp3) is 0.613. The molecule has 4 atom stereocenters. The minimum Gasteiger partial charge on any atom is -0.410 e. The molecule has 4 rings (SSSR count). The van der Waals surface area contributed by atoms with Crippen molar-refractivity contribution in [3.05, 3.63) is 47.1 Å². The van der Waals surface area contributed by atoms with Gasteiger partial charge in [0, 0.05) is 24.6 Å². The number of hydrogen-bond acceptors (Lipinski definition) is 6. The lowest BCUT2D eigenvalue weighted by Gasteiger charge is -2.32. The lowest BCUT2D eigenvalue weighted by molar-refractivity contribution is 0.196. The Kier molecular flexibility index (Phi) is 10.5. The SMILES string of the molecule is C=C(C)[C@@H]1CCC(C)=C[C@H]1c1c(OC(=O)NCCC2CO2)cc(CCCCC)cc1OC(=O)NCCC1CO1. The summed E-state index contributed by atoms with van der Waals surface area (Å²) < 4.78 is 22.4. The van der Waals surface area contributed by atoms with E-state index in [2.05, 4.69) is 37.1 Å². The van der Waals surface area contributed by atoms with Crippen LogP contribution in [0.3, 0.4) is 0 Å². The molecule has 3 aliphatic rings. The molecular formula is C31H44N2O6. The molecule has 2 unspecified atom stereocenters. The standard InChI is InChI=1S/C31H44N2O6/c1-5-6-7-8-22-16-27(38-30(34)32-13-11-23-18-36-23)29(26-15-21(4)9-10-25(26)20(2)3)28(17-22)39-31(35)33-14-12-24-19-37-24/h15-17,23-26H,2,5-14,18-19H2,1,3-4H3,(H,32,34)(H,33,35)/t23?,24?,25-,26+/m0/s1. The van der Waals surface area contributed by atoms with E-state index in [4.69, 9.17) is 18.9 Å². The van der Waals surface area contributed by atoms with Gasteiger partial charge in [0.2, 0.25) is 0 Å². The second kappa shape index (κ2) is 14.0. The van der Waals surface area contributed by atoms with Crippen LogP contribution in [0.15, 0.2) is 35.9 Å². The fourth-order valence-corrected chi connectivity index (χ4v) is 5.19. The summed E-state index contributed by atoms with van der Waals surface area (Å²) in [5.41, 5.74) is 3.99. The molecule has 8 heteroatoms. The normalized spacial score (nSPS) is 23.4.